The Bertz CT molecular complexity index is 466. The Morgan fingerprint density at radius 1 is 1.10 bits per heavy atom. The van der Waals surface area contributed by atoms with Gasteiger partial charge in [0.2, 0.25) is 0 Å². The third-order valence-electron chi connectivity index (χ3n) is 5.01. The number of phenolic OH excluding ortho intramolecular Hbond substituents is 1. The van der Waals surface area contributed by atoms with Crippen LogP contribution in [0.15, 0.2) is 18.2 Å². The molecule has 2 fully saturated rings. The van der Waals surface area contributed by atoms with Crippen LogP contribution in [-0.2, 0) is 10.3 Å². The molecule has 1 saturated carbocycles. The fraction of sp³-hybridized carbons (Fsp3) is 0.647. The van der Waals surface area contributed by atoms with Gasteiger partial charge in [-0.2, -0.15) is 0 Å². The quantitative estimate of drug-likeness (QED) is 0.905. The summed E-state index contributed by atoms with van der Waals surface area (Å²) in [6.07, 6.45) is 6.43. The molecule has 1 N–H and O–H groups in total. The van der Waals surface area contributed by atoms with Crippen LogP contribution in [0, 0.1) is 6.92 Å². The number of morpholine rings is 1. The molecule has 0 radical (unpaired) electrons. The van der Waals surface area contributed by atoms with Gasteiger partial charge in [0.25, 0.3) is 0 Å². The van der Waals surface area contributed by atoms with E-state index < -0.39 is 0 Å². The minimum absolute atomic E-state index is 0. The van der Waals surface area contributed by atoms with Gasteiger partial charge in [-0.1, -0.05) is 25.3 Å². The molecule has 2 aliphatic rings. The van der Waals surface area contributed by atoms with Crippen LogP contribution >= 0.6 is 12.4 Å². The second-order valence-electron chi connectivity index (χ2n) is 6.19. The number of nitrogens with zero attached hydrogens (tertiary/aromatic N) is 1. The molecule has 0 atom stereocenters. The lowest BCUT2D eigenvalue weighted by molar-refractivity contribution is -0.0406. The molecule has 0 amide bonds. The van der Waals surface area contributed by atoms with E-state index in [0.29, 0.717) is 5.75 Å². The van der Waals surface area contributed by atoms with E-state index in [1.165, 1.54) is 43.2 Å². The zero-order valence-corrected chi connectivity index (χ0v) is 13.6. The summed E-state index contributed by atoms with van der Waals surface area (Å²) in [7, 11) is 0. The third-order valence-corrected chi connectivity index (χ3v) is 5.01. The van der Waals surface area contributed by atoms with E-state index in [1.54, 1.807) is 0 Å². The molecule has 3 nitrogen and oxygen atoms in total. The zero-order chi connectivity index (χ0) is 14.0. The van der Waals surface area contributed by atoms with E-state index in [9.17, 15) is 5.11 Å². The highest BCUT2D eigenvalue weighted by Crippen LogP contribution is 2.44. The second kappa shape index (κ2) is 6.99. The van der Waals surface area contributed by atoms with Gasteiger partial charge in [-0.05, 0) is 43.0 Å². The number of aryl methyl sites for hydroxylation is 1. The summed E-state index contributed by atoms with van der Waals surface area (Å²) in [5.41, 5.74) is 2.80. The van der Waals surface area contributed by atoms with Crippen molar-refractivity contribution in [3.05, 3.63) is 29.3 Å². The van der Waals surface area contributed by atoms with Crippen molar-refractivity contribution in [2.45, 2.75) is 44.6 Å². The van der Waals surface area contributed by atoms with E-state index >= 15 is 0 Å². The molecule has 1 aliphatic carbocycles. The predicted molar refractivity (Wildman–Crippen MR) is 87.2 cm³/mol. The number of aromatic hydroxyl groups is 1. The molecule has 4 heteroatoms. The van der Waals surface area contributed by atoms with Crippen LogP contribution in [-0.4, -0.2) is 36.3 Å². The first-order chi connectivity index (χ1) is 9.72. The molecule has 118 valence electrons. The van der Waals surface area contributed by atoms with Crippen LogP contribution in [0.25, 0.3) is 0 Å². The summed E-state index contributed by atoms with van der Waals surface area (Å²) in [4.78, 5) is 2.63. The average Bonchev–Trinajstić information content (AvgIpc) is 2.49. The molecule has 1 aromatic carbocycles. The number of rotatable bonds is 2. The summed E-state index contributed by atoms with van der Waals surface area (Å²) >= 11 is 0. The van der Waals surface area contributed by atoms with Gasteiger partial charge in [-0.25, -0.2) is 0 Å². The number of benzene rings is 1. The van der Waals surface area contributed by atoms with Crippen molar-refractivity contribution in [1.82, 2.24) is 4.90 Å². The van der Waals surface area contributed by atoms with Gasteiger partial charge < -0.3 is 9.84 Å². The first kappa shape index (κ1) is 16.6. The first-order valence-corrected chi connectivity index (χ1v) is 7.85. The second-order valence-corrected chi connectivity index (χ2v) is 6.19. The molecule has 0 bridgehead atoms. The molecule has 1 saturated heterocycles. The van der Waals surface area contributed by atoms with Crippen LogP contribution in [0.2, 0.25) is 0 Å². The number of hydrogen-bond donors (Lipinski definition) is 1. The topological polar surface area (TPSA) is 32.7 Å². The molecule has 21 heavy (non-hydrogen) atoms. The molecular weight excluding hydrogens is 286 g/mol. The lowest BCUT2D eigenvalue weighted by atomic mass is 9.73. The summed E-state index contributed by atoms with van der Waals surface area (Å²) in [5, 5.41) is 9.70. The molecule has 3 rings (SSSR count). The number of ether oxygens (including phenoxy) is 1. The van der Waals surface area contributed by atoms with Crippen molar-refractivity contribution in [2.24, 2.45) is 0 Å². The summed E-state index contributed by atoms with van der Waals surface area (Å²) in [6, 6.07) is 5.90. The van der Waals surface area contributed by atoms with Crippen molar-refractivity contribution in [1.29, 1.82) is 0 Å². The number of halogens is 1. The highest BCUT2D eigenvalue weighted by atomic mass is 35.5. The smallest absolute Gasteiger partial charge is 0.115 e. The van der Waals surface area contributed by atoms with Crippen molar-refractivity contribution >= 4 is 12.4 Å². The van der Waals surface area contributed by atoms with E-state index in [2.05, 4.69) is 17.9 Å². The Morgan fingerprint density at radius 2 is 1.76 bits per heavy atom. The molecule has 0 aromatic heterocycles. The lowest BCUT2D eigenvalue weighted by Gasteiger charge is -2.49. The Balaban J connectivity index is 0.00000161. The van der Waals surface area contributed by atoms with Crippen LogP contribution in [0.5, 0.6) is 5.75 Å². The van der Waals surface area contributed by atoms with Gasteiger partial charge in [0.05, 0.1) is 13.2 Å². The Kier molecular flexibility index (Phi) is 5.53. The van der Waals surface area contributed by atoms with Crippen molar-refractivity contribution in [3.8, 4) is 5.75 Å². The fourth-order valence-electron chi connectivity index (χ4n) is 4.05. The number of phenols is 1. The van der Waals surface area contributed by atoms with Gasteiger partial charge >= 0.3 is 0 Å². The highest BCUT2D eigenvalue weighted by Gasteiger charge is 2.40. The zero-order valence-electron chi connectivity index (χ0n) is 12.8. The molecule has 0 spiro atoms. The third kappa shape index (κ3) is 3.20. The lowest BCUT2D eigenvalue weighted by Crippen LogP contribution is -2.52. The molecule has 1 heterocycles. The van der Waals surface area contributed by atoms with Gasteiger partial charge in [0.1, 0.15) is 5.75 Å². The Hall–Kier alpha value is -0.770. The maximum absolute atomic E-state index is 9.70. The monoisotopic (exact) mass is 311 g/mol. The SMILES string of the molecule is Cc1cc(O)ccc1C1(N2CCOCC2)CCCCC1.Cl. The minimum Gasteiger partial charge on any atom is -0.508 e. The van der Waals surface area contributed by atoms with Gasteiger partial charge in [-0.3, -0.25) is 4.90 Å². The van der Waals surface area contributed by atoms with E-state index in [1.807, 2.05) is 12.1 Å². The average molecular weight is 312 g/mol. The van der Waals surface area contributed by atoms with E-state index in [-0.39, 0.29) is 17.9 Å². The maximum atomic E-state index is 9.70. The van der Waals surface area contributed by atoms with Crippen molar-refractivity contribution in [3.63, 3.8) is 0 Å². The standard InChI is InChI=1S/C17H25NO2.ClH/c1-14-13-15(19)5-6-16(14)17(7-3-2-4-8-17)18-9-11-20-12-10-18;/h5-6,13,19H,2-4,7-12H2,1H3;1H. The van der Waals surface area contributed by atoms with Crippen LogP contribution < -0.4 is 0 Å². The molecule has 1 aliphatic heterocycles. The molecular formula is C17H26ClNO2. The van der Waals surface area contributed by atoms with Gasteiger partial charge in [0, 0.05) is 18.6 Å². The minimum atomic E-state index is 0. The molecule has 1 aromatic rings. The van der Waals surface area contributed by atoms with E-state index in [0.717, 1.165) is 26.3 Å². The highest BCUT2D eigenvalue weighted by molar-refractivity contribution is 5.85. The normalized spacial score (nSPS) is 22.5. The number of hydrogen-bond acceptors (Lipinski definition) is 3. The predicted octanol–water partition coefficient (Wildman–Crippen LogP) is 3.61. The Morgan fingerprint density at radius 3 is 2.38 bits per heavy atom. The maximum Gasteiger partial charge on any atom is 0.115 e. The Labute approximate surface area is 133 Å². The summed E-state index contributed by atoms with van der Waals surface area (Å²) in [5.74, 6) is 0.374. The van der Waals surface area contributed by atoms with Crippen LogP contribution in [0.1, 0.15) is 43.2 Å². The van der Waals surface area contributed by atoms with Gasteiger partial charge in [-0.15, -0.1) is 12.4 Å². The van der Waals surface area contributed by atoms with E-state index in [4.69, 9.17) is 4.74 Å². The van der Waals surface area contributed by atoms with Crippen LogP contribution in [0.3, 0.4) is 0 Å². The van der Waals surface area contributed by atoms with Gasteiger partial charge in [0.15, 0.2) is 0 Å². The van der Waals surface area contributed by atoms with Crippen LogP contribution in [0.4, 0.5) is 0 Å². The fourth-order valence-corrected chi connectivity index (χ4v) is 4.05. The summed E-state index contributed by atoms with van der Waals surface area (Å²) < 4.78 is 5.54. The largest absolute Gasteiger partial charge is 0.508 e. The van der Waals surface area contributed by atoms with Crippen molar-refractivity contribution < 1.29 is 9.84 Å². The molecule has 0 unspecified atom stereocenters. The summed E-state index contributed by atoms with van der Waals surface area (Å²) in [6.45, 7) is 5.88. The van der Waals surface area contributed by atoms with Crippen molar-refractivity contribution in [2.75, 3.05) is 26.3 Å². The first-order valence-electron chi connectivity index (χ1n) is 7.85.